The molecular weight excluding hydrogens is 250 g/mol. The normalized spacial score (nSPS) is 10.1. The van der Waals surface area contributed by atoms with Crippen LogP contribution < -0.4 is 5.32 Å². The van der Waals surface area contributed by atoms with Crippen LogP contribution in [0.1, 0.15) is 15.9 Å². The number of benzene rings is 2. The SMILES string of the molecule is Cc1ccc(NC(=O)c2ccc(Cl)cc2O)cc1. The molecule has 2 N–H and O–H groups in total. The summed E-state index contributed by atoms with van der Waals surface area (Å²) in [5, 5.41) is 12.7. The van der Waals surface area contributed by atoms with Crippen molar-refractivity contribution in [1.82, 2.24) is 0 Å². The van der Waals surface area contributed by atoms with Crippen LogP contribution in [0.3, 0.4) is 0 Å². The number of halogens is 1. The first-order valence-corrected chi connectivity index (χ1v) is 5.80. The molecular formula is C14H12ClNO2. The maximum atomic E-state index is 11.9. The second-order valence-electron chi connectivity index (χ2n) is 3.98. The van der Waals surface area contributed by atoms with Gasteiger partial charge in [0.15, 0.2) is 0 Å². The molecule has 0 fully saturated rings. The zero-order valence-corrected chi connectivity index (χ0v) is 10.5. The van der Waals surface area contributed by atoms with Crippen molar-refractivity contribution in [3.05, 3.63) is 58.6 Å². The van der Waals surface area contributed by atoms with Crippen LogP contribution in [-0.2, 0) is 0 Å². The molecule has 0 aliphatic carbocycles. The van der Waals surface area contributed by atoms with Crippen LogP contribution in [-0.4, -0.2) is 11.0 Å². The van der Waals surface area contributed by atoms with E-state index in [0.29, 0.717) is 10.7 Å². The minimum absolute atomic E-state index is 0.132. The predicted molar refractivity (Wildman–Crippen MR) is 72.2 cm³/mol. The standard InChI is InChI=1S/C14H12ClNO2/c1-9-2-5-11(6-3-9)16-14(18)12-7-4-10(15)8-13(12)17/h2-8,17H,1H3,(H,16,18). The van der Waals surface area contributed by atoms with Crippen LogP contribution >= 0.6 is 11.6 Å². The third-order valence-corrected chi connectivity index (χ3v) is 2.75. The number of aryl methyl sites for hydroxylation is 1. The highest BCUT2D eigenvalue weighted by Crippen LogP contribution is 2.23. The Morgan fingerprint density at radius 1 is 1.17 bits per heavy atom. The Kier molecular flexibility index (Phi) is 3.53. The van der Waals surface area contributed by atoms with Gasteiger partial charge in [0, 0.05) is 10.7 Å². The number of nitrogens with one attached hydrogen (secondary N) is 1. The van der Waals surface area contributed by atoms with E-state index in [-0.39, 0.29) is 17.2 Å². The summed E-state index contributed by atoms with van der Waals surface area (Å²) in [6.45, 7) is 1.97. The summed E-state index contributed by atoms with van der Waals surface area (Å²) in [5.41, 5.74) is 1.99. The van der Waals surface area contributed by atoms with Gasteiger partial charge >= 0.3 is 0 Å². The number of hydrogen-bond acceptors (Lipinski definition) is 2. The Bertz CT molecular complexity index is 579. The van der Waals surface area contributed by atoms with Crippen molar-refractivity contribution in [2.45, 2.75) is 6.92 Å². The van der Waals surface area contributed by atoms with Gasteiger partial charge in [0.25, 0.3) is 5.91 Å². The highest BCUT2D eigenvalue weighted by Gasteiger charge is 2.11. The molecule has 0 bridgehead atoms. The second kappa shape index (κ2) is 5.10. The molecule has 18 heavy (non-hydrogen) atoms. The third-order valence-electron chi connectivity index (χ3n) is 2.51. The van der Waals surface area contributed by atoms with Crippen LogP contribution in [0.25, 0.3) is 0 Å². The Labute approximate surface area is 110 Å². The number of phenols is 1. The van der Waals surface area contributed by atoms with E-state index < -0.39 is 0 Å². The molecule has 0 spiro atoms. The van der Waals surface area contributed by atoms with Crippen molar-refractivity contribution < 1.29 is 9.90 Å². The minimum atomic E-state index is -0.368. The van der Waals surface area contributed by atoms with Gasteiger partial charge in [0.05, 0.1) is 5.56 Å². The minimum Gasteiger partial charge on any atom is -0.507 e. The molecule has 0 saturated carbocycles. The van der Waals surface area contributed by atoms with E-state index >= 15 is 0 Å². The molecule has 4 heteroatoms. The van der Waals surface area contributed by atoms with Crippen molar-refractivity contribution in [2.24, 2.45) is 0 Å². The van der Waals surface area contributed by atoms with Gasteiger partial charge in [-0.1, -0.05) is 29.3 Å². The lowest BCUT2D eigenvalue weighted by Crippen LogP contribution is -2.11. The Balaban J connectivity index is 2.19. The number of anilines is 1. The van der Waals surface area contributed by atoms with Gasteiger partial charge in [-0.05, 0) is 37.3 Å². The highest BCUT2D eigenvalue weighted by atomic mass is 35.5. The zero-order valence-electron chi connectivity index (χ0n) is 9.77. The summed E-state index contributed by atoms with van der Waals surface area (Å²) in [5.74, 6) is -0.500. The molecule has 2 aromatic rings. The van der Waals surface area contributed by atoms with Gasteiger partial charge in [-0.3, -0.25) is 4.79 Å². The first-order valence-electron chi connectivity index (χ1n) is 5.43. The Morgan fingerprint density at radius 2 is 1.83 bits per heavy atom. The molecule has 0 aromatic heterocycles. The first-order chi connectivity index (χ1) is 8.56. The molecule has 2 rings (SSSR count). The van der Waals surface area contributed by atoms with E-state index in [1.807, 2.05) is 19.1 Å². The molecule has 0 aliphatic rings. The molecule has 0 aliphatic heterocycles. The average molecular weight is 262 g/mol. The molecule has 0 atom stereocenters. The summed E-state index contributed by atoms with van der Waals surface area (Å²) in [6.07, 6.45) is 0. The molecule has 0 heterocycles. The van der Waals surface area contributed by atoms with Crippen molar-refractivity contribution in [2.75, 3.05) is 5.32 Å². The van der Waals surface area contributed by atoms with Crippen LogP contribution in [0.4, 0.5) is 5.69 Å². The molecule has 0 saturated heterocycles. The van der Waals surface area contributed by atoms with Crippen molar-refractivity contribution >= 4 is 23.2 Å². The fraction of sp³-hybridized carbons (Fsp3) is 0.0714. The topological polar surface area (TPSA) is 49.3 Å². The number of carbonyl (C=O) groups is 1. The van der Waals surface area contributed by atoms with Crippen molar-refractivity contribution in [3.8, 4) is 5.75 Å². The molecule has 2 aromatic carbocycles. The zero-order chi connectivity index (χ0) is 13.1. The summed E-state index contributed by atoms with van der Waals surface area (Å²) in [6, 6.07) is 11.8. The van der Waals surface area contributed by atoms with Gasteiger partial charge in [-0.2, -0.15) is 0 Å². The van der Waals surface area contributed by atoms with Gasteiger partial charge in [-0.15, -0.1) is 0 Å². The smallest absolute Gasteiger partial charge is 0.259 e. The fourth-order valence-electron chi connectivity index (χ4n) is 1.53. The summed E-state index contributed by atoms with van der Waals surface area (Å²) in [7, 11) is 0. The lowest BCUT2D eigenvalue weighted by Gasteiger charge is -2.07. The second-order valence-corrected chi connectivity index (χ2v) is 4.42. The number of phenolic OH excluding ortho intramolecular Hbond substituents is 1. The molecule has 1 amide bonds. The molecule has 0 unspecified atom stereocenters. The van der Waals surface area contributed by atoms with E-state index in [9.17, 15) is 9.90 Å². The number of hydrogen-bond donors (Lipinski definition) is 2. The fourth-order valence-corrected chi connectivity index (χ4v) is 1.70. The summed E-state index contributed by atoms with van der Waals surface area (Å²) >= 11 is 5.71. The highest BCUT2D eigenvalue weighted by molar-refractivity contribution is 6.30. The molecule has 0 radical (unpaired) electrons. The average Bonchev–Trinajstić information content (AvgIpc) is 2.32. The van der Waals surface area contributed by atoms with Crippen LogP contribution in [0, 0.1) is 6.92 Å². The third kappa shape index (κ3) is 2.81. The van der Waals surface area contributed by atoms with E-state index in [2.05, 4.69) is 5.32 Å². The van der Waals surface area contributed by atoms with E-state index in [0.717, 1.165) is 5.56 Å². The maximum Gasteiger partial charge on any atom is 0.259 e. The first kappa shape index (κ1) is 12.5. The van der Waals surface area contributed by atoms with Gasteiger partial charge in [0.2, 0.25) is 0 Å². The van der Waals surface area contributed by atoms with Crippen molar-refractivity contribution in [1.29, 1.82) is 0 Å². The lowest BCUT2D eigenvalue weighted by molar-refractivity contribution is 0.102. The van der Waals surface area contributed by atoms with Crippen LogP contribution in [0.5, 0.6) is 5.75 Å². The van der Waals surface area contributed by atoms with E-state index in [1.54, 1.807) is 18.2 Å². The largest absolute Gasteiger partial charge is 0.507 e. The molecule has 3 nitrogen and oxygen atoms in total. The summed E-state index contributed by atoms with van der Waals surface area (Å²) in [4.78, 5) is 11.9. The Morgan fingerprint density at radius 3 is 2.44 bits per heavy atom. The summed E-state index contributed by atoms with van der Waals surface area (Å²) < 4.78 is 0. The van der Waals surface area contributed by atoms with Crippen LogP contribution in [0.2, 0.25) is 5.02 Å². The van der Waals surface area contributed by atoms with E-state index in [4.69, 9.17) is 11.6 Å². The van der Waals surface area contributed by atoms with E-state index in [1.165, 1.54) is 12.1 Å². The molecule has 92 valence electrons. The lowest BCUT2D eigenvalue weighted by atomic mass is 10.1. The number of rotatable bonds is 2. The Hall–Kier alpha value is -2.00. The van der Waals surface area contributed by atoms with Gasteiger partial charge in [-0.25, -0.2) is 0 Å². The number of aromatic hydroxyl groups is 1. The van der Waals surface area contributed by atoms with Gasteiger partial charge in [0.1, 0.15) is 5.75 Å². The van der Waals surface area contributed by atoms with Crippen molar-refractivity contribution in [3.63, 3.8) is 0 Å². The van der Waals surface area contributed by atoms with Crippen LogP contribution in [0.15, 0.2) is 42.5 Å². The van der Waals surface area contributed by atoms with Gasteiger partial charge < -0.3 is 10.4 Å². The predicted octanol–water partition coefficient (Wildman–Crippen LogP) is 3.61. The number of amides is 1. The maximum absolute atomic E-state index is 11.9. The number of carbonyl (C=O) groups excluding carboxylic acids is 1. The quantitative estimate of drug-likeness (QED) is 0.868. The monoisotopic (exact) mass is 261 g/mol.